The molecule has 0 saturated carbocycles. The van der Waals surface area contributed by atoms with Gasteiger partial charge in [0.1, 0.15) is 0 Å². The molecule has 0 spiro atoms. The topological polar surface area (TPSA) is 63.1 Å². The van der Waals surface area contributed by atoms with Gasteiger partial charge in [-0.3, -0.25) is 14.2 Å². The molecule has 0 amide bonds. The van der Waals surface area contributed by atoms with E-state index in [1.54, 1.807) is 24.3 Å². The van der Waals surface area contributed by atoms with Crippen LogP contribution in [0.15, 0.2) is 34.2 Å². The van der Waals surface area contributed by atoms with Crippen molar-refractivity contribution in [3.8, 4) is 0 Å². The van der Waals surface area contributed by atoms with E-state index < -0.39 is 11.7 Å². The smallest absolute Gasteiger partial charge is 0.290 e. The normalized spacial score (nSPS) is 12.0. The molecular weight excluding hydrogens is 341 g/mol. The molecular formula is C15H13F3N4OS. The lowest BCUT2D eigenvalue weighted by molar-refractivity contribution is -0.137. The molecule has 0 bridgehead atoms. The Labute approximate surface area is 138 Å². The number of halogens is 3. The average molecular weight is 354 g/mol. The fourth-order valence-corrected chi connectivity index (χ4v) is 3.19. The number of fused-ring (bicyclic) bond motifs is 1. The molecule has 0 aliphatic heterocycles. The van der Waals surface area contributed by atoms with Crippen molar-refractivity contribution in [2.24, 2.45) is 0 Å². The highest BCUT2D eigenvalue weighted by atomic mass is 32.2. The van der Waals surface area contributed by atoms with E-state index in [1.165, 1.54) is 17.8 Å². The molecule has 1 N–H and O–H groups in total. The largest absolute Gasteiger partial charge is 0.416 e. The quantitative estimate of drug-likeness (QED) is 0.733. The van der Waals surface area contributed by atoms with Crippen molar-refractivity contribution < 1.29 is 13.2 Å². The molecule has 0 unspecified atom stereocenters. The summed E-state index contributed by atoms with van der Waals surface area (Å²) in [6.07, 6.45) is -4.37. The van der Waals surface area contributed by atoms with E-state index in [0.717, 1.165) is 12.1 Å². The van der Waals surface area contributed by atoms with Gasteiger partial charge in [0.05, 0.1) is 5.56 Å². The molecule has 0 saturated heterocycles. The lowest BCUT2D eigenvalue weighted by atomic mass is 10.1. The van der Waals surface area contributed by atoms with E-state index in [4.69, 9.17) is 0 Å². The summed E-state index contributed by atoms with van der Waals surface area (Å²) in [6.45, 7) is 3.46. The van der Waals surface area contributed by atoms with E-state index in [-0.39, 0.29) is 5.56 Å². The van der Waals surface area contributed by atoms with E-state index >= 15 is 0 Å². The van der Waals surface area contributed by atoms with Crippen molar-refractivity contribution in [1.29, 1.82) is 0 Å². The fourth-order valence-electron chi connectivity index (χ4n) is 2.26. The Bertz CT molecular complexity index is 961. The molecule has 3 rings (SSSR count). The second kappa shape index (κ2) is 5.97. The highest BCUT2D eigenvalue weighted by molar-refractivity contribution is 7.98. The van der Waals surface area contributed by atoms with Crippen LogP contribution in [0.25, 0.3) is 5.78 Å². The van der Waals surface area contributed by atoms with E-state index in [9.17, 15) is 18.0 Å². The number of nitrogens with one attached hydrogen (secondary N) is 1. The summed E-state index contributed by atoms with van der Waals surface area (Å²) in [7, 11) is 0. The van der Waals surface area contributed by atoms with Gasteiger partial charge in [-0.25, -0.2) is 0 Å². The van der Waals surface area contributed by atoms with Crippen LogP contribution in [0.2, 0.25) is 0 Å². The van der Waals surface area contributed by atoms with Crippen molar-refractivity contribution in [1.82, 2.24) is 19.6 Å². The van der Waals surface area contributed by atoms with Gasteiger partial charge in [0, 0.05) is 17.0 Å². The Morgan fingerprint density at radius 1 is 1.25 bits per heavy atom. The van der Waals surface area contributed by atoms with Gasteiger partial charge in [0.2, 0.25) is 5.78 Å². The SMILES string of the molecule is Cc1c(C)n2c(SCc3cccc(C(F)(F)F)c3)nnc2[nH]c1=O. The number of aryl methyl sites for hydroxylation is 1. The number of benzene rings is 1. The Morgan fingerprint density at radius 3 is 2.71 bits per heavy atom. The number of aromatic nitrogens is 4. The third-order valence-corrected chi connectivity index (χ3v) is 4.70. The van der Waals surface area contributed by atoms with E-state index in [0.29, 0.717) is 33.5 Å². The second-order valence-electron chi connectivity index (χ2n) is 5.29. The maximum atomic E-state index is 12.8. The Balaban J connectivity index is 1.89. The zero-order valence-electron chi connectivity index (χ0n) is 12.8. The second-order valence-corrected chi connectivity index (χ2v) is 6.24. The molecule has 9 heteroatoms. The van der Waals surface area contributed by atoms with Crippen LogP contribution in [0.5, 0.6) is 0 Å². The number of rotatable bonds is 3. The summed E-state index contributed by atoms with van der Waals surface area (Å²) in [4.78, 5) is 14.3. The molecule has 1 aromatic carbocycles. The summed E-state index contributed by atoms with van der Waals surface area (Å²) in [5.74, 6) is 0.622. The number of aromatic amines is 1. The number of nitrogens with zero attached hydrogens (tertiary/aromatic N) is 3. The van der Waals surface area contributed by atoms with Crippen LogP contribution >= 0.6 is 11.8 Å². The number of hydrogen-bond donors (Lipinski definition) is 1. The van der Waals surface area contributed by atoms with E-state index in [2.05, 4.69) is 15.2 Å². The van der Waals surface area contributed by atoms with Gasteiger partial charge < -0.3 is 0 Å². The number of alkyl halides is 3. The van der Waals surface area contributed by atoms with Gasteiger partial charge in [0.25, 0.3) is 5.56 Å². The predicted molar refractivity (Wildman–Crippen MR) is 84.1 cm³/mol. The highest BCUT2D eigenvalue weighted by Crippen LogP contribution is 2.31. The molecule has 0 aliphatic rings. The lowest BCUT2D eigenvalue weighted by Gasteiger charge is -2.09. The molecule has 0 aliphatic carbocycles. The average Bonchev–Trinajstić information content (AvgIpc) is 2.93. The monoisotopic (exact) mass is 354 g/mol. The van der Waals surface area contributed by atoms with Crippen LogP contribution in [0.3, 0.4) is 0 Å². The molecule has 3 aromatic rings. The minimum atomic E-state index is -4.37. The lowest BCUT2D eigenvalue weighted by Crippen LogP contribution is -2.15. The van der Waals surface area contributed by atoms with Crippen molar-refractivity contribution in [3.63, 3.8) is 0 Å². The highest BCUT2D eigenvalue weighted by Gasteiger charge is 2.30. The first kappa shape index (κ1) is 16.6. The predicted octanol–water partition coefficient (Wildman–Crippen LogP) is 3.35. The van der Waals surface area contributed by atoms with Gasteiger partial charge in [-0.2, -0.15) is 13.2 Å². The van der Waals surface area contributed by atoms with Crippen molar-refractivity contribution in [2.75, 3.05) is 0 Å². The summed E-state index contributed by atoms with van der Waals surface area (Å²) in [5, 5.41) is 8.43. The molecule has 24 heavy (non-hydrogen) atoms. The van der Waals surface area contributed by atoms with Crippen molar-refractivity contribution >= 4 is 17.5 Å². The van der Waals surface area contributed by atoms with Gasteiger partial charge in [-0.1, -0.05) is 30.0 Å². The maximum Gasteiger partial charge on any atom is 0.416 e. The van der Waals surface area contributed by atoms with Gasteiger partial charge in [-0.15, -0.1) is 10.2 Å². The minimum Gasteiger partial charge on any atom is -0.290 e. The Morgan fingerprint density at radius 2 is 2.00 bits per heavy atom. The van der Waals surface area contributed by atoms with Crippen LogP contribution in [-0.4, -0.2) is 19.6 Å². The summed E-state index contributed by atoms with van der Waals surface area (Å²) in [6, 6.07) is 5.17. The van der Waals surface area contributed by atoms with Crippen LogP contribution in [0.4, 0.5) is 13.2 Å². The first-order chi connectivity index (χ1) is 11.3. The fraction of sp³-hybridized carbons (Fsp3) is 0.267. The van der Waals surface area contributed by atoms with Crippen molar-refractivity contribution in [3.05, 3.63) is 57.0 Å². The number of thioether (sulfide) groups is 1. The Kier molecular flexibility index (Phi) is 4.12. The van der Waals surface area contributed by atoms with Crippen LogP contribution in [0, 0.1) is 13.8 Å². The van der Waals surface area contributed by atoms with Gasteiger partial charge >= 0.3 is 6.18 Å². The molecule has 2 heterocycles. The number of H-pyrrole nitrogens is 1. The van der Waals surface area contributed by atoms with Gasteiger partial charge in [0.15, 0.2) is 5.16 Å². The molecule has 5 nitrogen and oxygen atoms in total. The molecule has 0 radical (unpaired) electrons. The molecule has 2 aromatic heterocycles. The summed E-state index contributed by atoms with van der Waals surface area (Å²) in [5.41, 5.74) is 0.865. The van der Waals surface area contributed by atoms with E-state index in [1.807, 2.05) is 0 Å². The Hall–Kier alpha value is -2.29. The molecule has 126 valence electrons. The first-order valence-electron chi connectivity index (χ1n) is 7.01. The third-order valence-electron chi connectivity index (χ3n) is 3.70. The zero-order valence-corrected chi connectivity index (χ0v) is 13.6. The molecule has 0 fully saturated rings. The minimum absolute atomic E-state index is 0.234. The van der Waals surface area contributed by atoms with Crippen molar-refractivity contribution in [2.45, 2.75) is 30.9 Å². The van der Waals surface area contributed by atoms with Crippen LogP contribution < -0.4 is 5.56 Å². The third kappa shape index (κ3) is 3.03. The standard InChI is InChI=1S/C15H13F3N4OS/c1-8-9(2)22-13(19-12(8)23)20-21-14(22)24-7-10-4-3-5-11(6-10)15(16,17)18/h3-6H,7H2,1-2H3,(H,19,20,23). The first-order valence-corrected chi connectivity index (χ1v) is 7.99. The maximum absolute atomic E-state index is 12.8. The summed E-state index contributed by atoms with van der Waals surface area (Å²) < 4.78 is 40.0. The zero-order chi connectivity index (χ0) is 17.5. The van der Waals surface area contributed by atoms with Gasteiger partial charge in [-0.05, 0) is 25.5 Å². The molecule has 0 atom stereocenters. The number of hydrogen-bond acceptors (Lipinski definition) is 4. The van der Waals surface area contributed by atoms with Crippen LogP contribution in [0.1, 0.15) is 22.4 Å². The summed E-state index contributed by atoms with van der Waals surface area (Å²) >= 11 is 1.26. The van der Waals surface area contributed by atoms with Crippen LogP contribution in [-0.2, 0) is 11.9 Å².